The van der Waals surface area contributed by atoms with E-state index in [1.54, 1.807) is 13.3 Å². The Morgan fingerprint density at radius 2 is 1.44 bits per heavy atom. The molecule has 4 nitrogen and oxygen atoms in total. The van der Waals surface area contributed by atoms with Crippen molar-refractivity contribution in [3.05, 3.63) is 102 Å². The first kappa shape index (κ1) is 18.6. The maximum atomic E-state index is 5.44. The highest BCUT2D eigenvalue weighted by Crippen LogP contribution is 2.21. The highest BCUT2D eigenvalue weighted by Gasteiger charge is 2.14. The fourth-order valence-corrected chi connectivity index (χ4v) is 2.92. The fraction of sp³-hybridized carbons (Fsp3) is 0.0909. The quantitative estimate of drug-likeness (QED) is 0.383. The van der Waals surface area contributed by atoms with Crippen LogP contribution in [0.25, 0.3) is 0 Å². The van der Waals surface area contributed by atoms with Crippen LogP contribution in [0.15, 0.2) is 90.0 Å². The fourth-order valence-electron chi connectivity index (χ4n) is 2.75. The summed E-state index contributed by atoms with van der Waals surface area (Å²) in [6.07, 6.45) is 1.69. The zero-order chi connectivity index (χ0) is 18.9. The van der Waals surface area contributed by atoms with Gasteiger partial charge in [-0.15, -0.1) is 0 Å². The van der Waals surface area contributed by atoms with Gasteiger partial charge < -0.3 is 10.1 Å². The number of nitrogens with zero attached hydrogens (tertiary/aromatic N) is 1. The van der Waals surface area contributed by atoms with Gasteiger partial charge in [0.25, 0.3) is 0 Å². The molecule has 0 heterocycles. The van der Waals surface area contributed by atoms with Crippen LogP contribution in [-0.2, 0) is 0 Å². The van der Waals surface area contributed by atoms with Crippen molar-refractivity contribution >= 4 is 23.5 Å². The summed E-state index contributed by atoms with van der Waals surface area (Å²) in [6, 6.07) is 28.0. The molecule has 0 saturated heterocycles. The van der Waals surface area contributed by atoms with Crippen molar-refractivity contribution in [3.8, 4) is 5.75 Å². The van der Waals surface area contributed by atoms with Crippen molar-refractivity contribution in [1.29, 1.82) is 0 Å². The molecule has 0 saturated carbocycles. The van der Waals surface area contributed by atoms with Gasteiger partial charge in [0.15, 0.2) is 5.11 Å². The molecule has 3 aromatic carbocycles. The van der Waals surface area contributed by atoms with E-state index in [1.165, 1.54) is 0 Å². The smallest absolute Gasteiger partial charge is 0.187 e. The SMILES string of the molecule is COc1ccccc1C=NNC(=S)NC(c1ccccc1)c1ccccc1. The van der Waals surface area contributed by atoms with Gasteiger partial charge in [0.2, 0.25) is 0 Å². The van der Waals surface area contributed by atoms with Crippen LogP contribution in [-0.4, -0.2) is 18.4 Å². The van der Waals surface area contributed by atoms with E-state index in [4.69, 9.17) is 17.0 Å². The Kier molecular flexibility index (Phi) is 6.55. The van der Waals surface area contributed by atoms with Crippen LogP contribution in [0.5, 0.6) is 5.75 Å². The third-order valence-electron chi connectivity index (χ3n) is 4.05. The number of hydrazone groups is 1. The van der Waals surface area contributed by atoms with E-state index in [1.807, 2.05) is 60.7 Å². The second-order valence-corrected chi connectivity index (χ2v) is 6.25. The predicted octanol–water partition coefficient (Wildman–Crippen LogP) is 4.28. The lowest BCUT2D eigenvalue weighted by Gasteiger charge is -2.21. The minimum atomic E-state index is -0.0612. The van der Waals surface area contributed by atoms with Gasteiger partial charge in [-0.05, 0) is 35.5 Å². The lowest BCUT2D eigenvalue weighted by molar-refractivity contribution is 0.414. The summed E-state index contributed by atoms with van der Waals surface area (Å²) in [6.45, 7) is 0. The zero-order valence-corrected chi connectivity index (χ0v) is 15.8. The molecule has 2 N–H and O–H groups in total. The molecule has 27 heavy (non-hydrogen) atoms. The van der Waals surface area contributed by atoms with Gasteiger partial charge in [0, 0.05) is 5.56 Å². The molecule has 0 aliphatic carbocycles. The number of nitrogens with one attached hydrogen (secondary N) is 2. The van der Waals surface area contributed by atoms with Gasteiger partial charge in [-0.3, -0.25) is 5.43 Å². The number of para-hydroxylation sites is 1. The molecule has 136 valence electrons. The maximum absolute atomic E-state index is 5.44. The van der Waals surface area contributed by atoms with E-state index in [0.717, 1.165) is 22.4 Å². The lowest BCUT2D eigenvalue weighted by Crippen LogP contribution is -2.35. The highest BCUT2D eigenvalue weighted by atomic mass is 32.1. The molecule has 0 aromatic heterocycles. The van der Waals surface area contributed by atoms with Crippen LogP contribution in [0, 0.1) is 0 Å². The van der Waals surface area contributed by atoms with E-state index in [-0.39, 0.29) is 6.04 Å². The number of thiocarbonyl (C=S) groups is 1. The second-order valence-electron chi connectivity index (χ2n) is 5.84. The van der Waals surface area contributed by atoms with Gasteiger partial charge in [0.1, 0.15) is 5.75 Å². The average molecular weight is 375 g/mol. The summed E-state index contributed by atoms with van der Waals surface area (Å²) in [4.78, 5) is 0. The lowest BCUT2D eigenvalue weighted by atomic mass is 9.99. The van der Waals surface area contributed by atoms with E-state index in [2.05, 4.69) is 40.1 Å². The van der Waals surface area contributed by atoms with Crippen molar-refractivity contribution in [2.75, 3.05) is 7.11 Å². The summed E-state index contributed by atoms with van der Waals surface area (Å²) >= 11 is 5.44. The predicted molar refractivity (Wildman–Crippen MR) is 114 cm³/mol. The van der Waals surface area contributed by atoms with Crippen LogP contribution in [0.3, 0.4) is 0 Å². The van der Waals surface area contributed by atoms with Gasteiger partial charge in [-0.1, -0.05) is 72.8 Å². The first-order chi connectivity index (χ1) is 13.3. The third kappa shape index (κ3) is 5.15. The van der Waals surface area contributed by atoms with Crippen LogP contribution in [0.2, 0.25) is 0 Å². The third-order valence-corrected chi connectivity index (χ3v) is 4.26. The van der Waals surface area contributed by atoms with Crippen LogP contribution in [0.1, 0.15) is 22.7 Å². The molecule has 0 unspecified atom stereocenters. The Hall–Kier alpha value is -3.18. The van der Waals surface area contributed by atoms with E-state index >= 15 is 0 Å². The van der Waals surface area contributed by atoms with Gasteiger partial charge in [-0.2, -0.15) is 5.10 Å². The molecule has 0 spiro atoms. The molecule has 0 aliphatic rings. The molecule has 3 aromatic rings. The first-order valence-corrected chi connectivity index (χ1v) is 9.01. The molecule has 0 aliphatic heterocycles. The van der Waals surface area contributed by atoms with Gasteiger partial charge >= 0.3 is 0 Å². The second kappa shape index (κ2) is 9.50. The van der Waals surface area contributed by atoms with Crippen molar-refractivity contribution in [2.24, 2.45) is 5.10 Å². The normalized spacial score (nSPS) is 10.7. The van der Waals surface area contributed by atoms with E-state index in [9.17, 15) is 0 Å². The Bertz CT molecular complexity index is 858. The van der Waals surface area contributed by atoms with E-state index < -0.39 is 0 Å². The van der Waals surface area contributed by atoms with Crippen molar-refractivity contribution in [2.45, 2.75) is 6.04 Å². The summed E-state index contributed by atoms with van der Waals surface area (Å²) in [5, 5.41) is 8.02. The average Bonchev–Trinajstić information content (AvgIpc) is 2.73. The first-order valence-electron chi connectivity index (χ1n) is 8.60. The van der Waals surface area contributed by atoms with Crippen LogP contribution >= 0.6 is 12.2 Å². The van der Waals surface area contributed by atoms with Gasteiger partial charge in [-0.25, -0.2) is 0 Å². The number of methoxy groups -OCH3 is 1. The van der Waals surface area contributed by atoms with Crippen LogP contribution < -0.4 is 15.5 Å². The van der Waals surface area contributed by atoms with Crippen molar-refractivity contribution in [3.63, 3.8) is 0 Å². The minimum Gasteiger partial charge on any atom is -0.496 e. The highest BCUT2D eigenvalue weighted by molar-refractivity contribution is 7.80. The minimum absolute atomic E-state index is 0.0612. The molecule has 0 amide bonds. The standard InChI is InChI=1S/C22H21N3OS/c1-26-20-15-9-8-14-19(20)16-23-25-22(27)24-21(17-10-4-2-5-11-17)18-12-6-3-7-13-18/h2-16,21H,1H3,(H2,24,25,27). The Morgan fingerprint density at radius 1 is 0.889 bits per heavy atom. The molecule has 3 rings (SSSR count). The number of hydrogen-bond donors (Lipinski definition) is 2. The number of ether oxygens (including phenoxy) is 1. The Labute approximate surface area is 164 Å². The molecule has 0 bridgehead atoms. The van der Waals surface area contributed by atoms with Gasteiger partial charge in [0.05, 0.1) is 19.4 Å². The Morgan fingerprint density at radius 3 is 2.04 bits per heavy atom. The van der Waals surface area contributed by atoms with Crippen molar-refractivity contribution in [1.82, 2.24) is 10.7 Å². The number of rotatable bonds is 6. The van der Waals surface area contributed by atoms with E-state index in [0.29, 0.717) is 5.11 Å². The number of benzene rings is 3. The molecular weight excluding hydrogens is 354 g/mol. The summed E-state index contributed by atoms with van der Waals surface area (Å²) < 4.78 is 5.32. The molecule has 0 atom stereocenters. The van der Waals surface area contributed by atoms with Crippen molar-refractivity contribution < 1.29 is 4.74 Å². The monoisotopic (exact) mass is 375 g/mol. The largest absolute Gasteiger partial charge is 0.496 e. The Balaban J connectivity index is 1.71. The molecule has 0 fully saturated rings. The van der Waals surface area contributed by atoms with Crippen LogP contribution in [0.4, 0.5) is 0 Å². The molecular formula is C22H21N3OS. The summed E-state index contributed by atoms with van der Waals surface area (Å²) in [5.41, 5.74) is 6.01. The number of hydrogen-bond acceptors (Lipinski definition) is 3. The molecule has 5 heteroatoms. The summed E-state index contributed by atoms with van der Waals surface area (Å²) in [7, 11) is 1.64. The summed E-state index contributed by atoms with van der Waals surface area (Å²) in [5.74, 6) is 0.758. The zero-order valence-electron chi connectivity index (χ0n) is 15.0. The maximum Gasteiger partial charge on any atom is 0.187 e. The molecule has 0 radical (unpaired) electrons. The topological polar surface area (TPSA) is 45.6 Å².